The van der Waals surface area contributed by atoms with Crippen molar-refractivity contribution in [1.82, 2.24) is 15.0 Å². The molecular formula is C14H16FN5S. The molecule has 0 amide bonds. The van der Waals surface area contributed by atoms with Crippen LogP contribution < -0.4 is 10.2 Å². The van der Waals surface area contributed by atoms with Gasteiger partial charge in [-0.1, -0.05) is 0 Å². The Kier molecular flexibility index (Phi) is 4.19. The molecular weight excluding hydrogens is 289 g/mol. The van der Waals surface area contributed by atoms with Crippen LogP contribution >= 0.6 is 11.8 Å². The number of aromatic nitrogens is 3. The van der Waals surface area contributed by atoms with Crippen molar-refractivity contribution in [3.63, 3.8) is 0 Å². The van der Waals surface area contributed by atoms with E-state index in [1.165, 1.54) is 36.7 Å². The number of benzene rings is 1. The fourth-order valence-corrected chi connectivity index (χ4v) is 2.91. The molecule has 2 aromatic rings. The topological polar surface area (TPSA) is 53.9 Å². The maximum absolute atomic E-state index is 12.9. The summed E-state index contributed by atoms with van der Waals surface area (Å²) in [5.41, 5.74) is 0. The third-order valence-electron chi connectivity index (χ3n) is 3.24. The standard InChI is InChI=1S/C14H16FN5S/c1-16-12-17-13(20-8-2-3-9-20)19-14(18-12)21-11-6-4-10(15)5-7-11/h4-7H,2-3,8-9H2,1H3,(H,16,17,18,19). The molecule has 1 fully saturated rings. The maximum Gasteiger partial charge on any atom is 0.231 e. The Morgan fingerprint density at radius 3 is 2.48 bits per heavy atom. The van der Waals surface area contributed by atoms with Crippen LogP contribution in [0.5, 0.6) is 0 Å². The average molecular weight is 305 g/mol. The number of anilines is 2. The van der Waals surface area contributed by atoms with Crippen molar-refractivity contribution in [2.24, 2.45) is 0 Å². The second kappa shape index (κ2) is 6.26. The van der Waals surface area contributed by atoms with E-state index in [1.54, 1.807) is 19.2 Å². The number of hydrogen-bond donors (Lipinski definition) is 1. The molecule has 0 aliphatic carbocycles. The molecule has 0 radical (unpaired) electrons. The van der Waals surface area contributed by atoms with Gasteiger partial charge in [-0.3, -0.25) is 0 Å². The number of nitrogens with zero attached hydrogens (tertiary/aromatic N) is 4. The molecule has 0 atom stereocenters. The van der Waals surface area contributed by atoms with Gasteiger partial charge in [-0.25, -0.2) is 4.39 Å². The minimum atomic E-state index is -0.247. The summed E-state index contributed by atoms with van der Waals surface area (Å²) >= 11 is 1.40. The Labute approximate surface area is 127 Å². The highest BCUT2D eigenvalue weighted by molar-refractivity contribution is 7.99. The summed E-state index contributed by atoms with van der Waals surface area (Å²) in [6.07, 6.45) is 2.34. The summed E-state index contributed by atoms with van der Waals surface area (Å²) in [7, 11) is 1.79. The van der Waals surface area contributed by atoms with Crippen molar-refractivity contribution < 1.29 is 4.39 Å². The molecule has 1 aliphatic heterocycles. The van der Waals surface area contributed by atoms with Gasteiger partial charge in [0.25, 0.3) is 0 Å². The maximum atomic E-state index is 12.9. The third-order valence-corrected chi connectivity index (χ3v) is 4.11. The van der Waals surface area contributed by atoms with Gasteiger partial charge in [0.1, 0.15) is 5.82 Å². The minimum absolute atomic E-state index is 0.247. The van der Waals surface area contributed by atoms with Crippen molar-refractivity contribution >= 4 is 23.7 Å². The molecule has 1 aromatic carbocycles. The van der Waals surface area contributed by atoms with E-state index in [-0.39, 0.29) is 5.82 Å². The zero-order chi connectivity index (χ0) is 14.7. The van der Waals surface area contributed by atoms with Crippen LogP contribution in [-0.4, -0.2) is 35.1 Å². The van der Waals surface area contributed by atoms with Gasteiger partial charge in [0.2, 0.25) is 11.9 Å². The molecule has 1 aromatic heterocycles. The highest BCUT2D eigenvalue weighted by Gasteiger charge is 2.17. The molecule has 1 aliphatic rings. The molecule has 0 bridgehead atoms. The summed E-state index contributed by atoms with van der Waals surface area (Å²) in [4.78, 5) is 16.3. The first kappa shape index (κ1) is 14.1. The van der Waals surface area contributed by atoms with E-state index in [2.05, 4.69) is 25.2 Å². The number of nitrogens with one attached hydrogen (secondary N) is 1. The van der Waals surface area contributed by atoms with Gasteiger partial charge in [-0.05, 0) is 48.9 Å². The van der Waals surface area contributed by atoms with E-state index >= 15 is 0 Å². The Morgan fingerprint density at radius 2 is 1.81 bits per heavy atom. The van der Waals surface area contributed by atoms with E-state index < -0.39 is 0 Å². The molecule has 21 heavy (non-hydrogen) atoms. The second-order valence-corrected chi connectivity index (χ2v) is 5.78. The van der Waals surface area contributed by atoms with Gasteiger partial charge >= 0.3 is 0 Å². The van der Waals surface area contributed by atoms with Crippen LogP contribution in [0.25, 0.3) is 0 Å². The summed E-state index contributed by atoms with van der Waals surface area (Å²) in [5.74, 6) is 1.01. The first-order valence-electron chi connectivity index (χ1n) is 6.87. The quantitative estimate of drug-likeness (QED) is 0.937. The zero-order valence-electron chi connectivity index (χ0n) is 11.7. The molecule has 0 unspecified atom stereocenters. The van der Waals surface area contributed by atoms with E-state index in [1.807, 2.05) is 0 Å². The lowest BCUT2D eigenvalue weighted by molar-refractivity contribution is 0.626. The number of hydrogen-bond acceptors (Lipinski definition) is 6. The summed E-state index contributed by atoms with van der Waals surface area (Å²) in [5, 5.41) is 3.58. The van der Waals surface area contributed by atoms with Crippen LogP contribution in [0.4, 0.5) is 16.3 Å². The Hall–Kier alpha value is -1.89. The Morgan fingerprint density at radius 1 is 1.10 bits per heavy atom. The fraction of sp³-hybridized carbons (Fsp3) is 0.357. The minimum Gasteiger partial charge on any atom is -0.357 e. The van der Waals surface area contributed by atoms with Gasteiger partial charge in [0, 0.05) is 25.0 Å². The van der Waals surface area contributed by atoms with E-state index in [9.17, 15) is 4.39 Å². The van der Waals surface area contributed by atoms with Crippen LogP contribution in [-0.2, 0) is 0 Å². The first-order valence-corrected chi connectivity index (χ1v) is 7.68. The molecule has 1 N–H and O–H groups in total. The molecule has 110 valence electrons. The predicted molar refractivity (Wildman–Crippen MR) is 81.3 cm³/mol. The largest absolute Gasteiger partial charge is 0.357 e. The SMILES string of the molecule is CNc1nc(Sc2ccc(F)cc2)nc(N2CCCC2)n1. The molecule has 7 heteroatoms. The lowest BCUT2D eigenvalue weighted by Crippen LogP contribution is -2.21. The van der Waals surface area contributed by atoms with E-state index in [0.717, 1.165) is 18.0 Å². The summed E-state index contributed by atoms with van der Waals surface area (Å²) in [6.45, 7) is 1.96. The molecule has 1 saturated heterocycles. The lowest BCUT2D eigenvalue weighted by Gasteiger charge is -2.16. The normalized spacial score (nSPS) is 14.5. The van der Waals surface area contributed by atoms with Gasteiger partial charge < -0.3 is 10.2 Å². The van der Waals surface area contributed by atoms with Crippen molar-refractivity contribution in [3.05, 3.63) is 30.1 Å². The van der Waals surface area contributed by atoms with Crippen molar-refractivity contribution in [3.8, 4) is 0 Å². The molecule has 2 heterocycles. The summed E-state index contributed by atoms with van der Waals surface area (Å²) < 4.78 is 12.9. The van der Waals surface area contributed by atoms with Crippen LogP contribution in [0.2, 0.25) is 0 Å². The number of halogens is 1. The average Bonchev–Trinajstić information content (AvgIpc) is 3.04. The monoisotopic (exact) mass is 305 g/mol. The summed E-state index contributed by atoms with van der Waals surface area (Å²) in [6, 6.07) is 6.31. The van der Waals surface area contributed by atoms with Crippen molar-refractivity contribution in [2.75, 3.05) is 30.4 Å². The van der Waals surface area contributed by atoms with Gasteiger partial charge in [0.05, 0.1) is 0 Å². The van der Waals surface area contributed by atoms with Crippen LogP contribution in [0.3, 0.4) is 0 Å². The molecule has 5 nitrogen and oxygen atoms in total. The molecule has 0 saturated carbocycles. The third kappa shape index (κ3) is 3.41. The highest BCUT2D eigenvalue weighted by Crippen LogP contribution is 2.27. The Balaban J connectivity index is 1.86. The molecule has 3 rings (SSSR count). The van der Waals surface area contributed by atoms with E-state index in [4.69, 9.17) is 0 Å². The van der Waals surface area contributed by atoms with Crippen molar-refractivity contribution in [2.45, 2.75) is 22.9 Å². The van der Waals surface area contributed by atoms with Gasteiger partial charge in [0.15, 0.2) is 5.16 Å². The van der Waals surface area contributed by atoms with Crippen molar-refractivity contribution in [1.29, 1.82) is 0 Å². The zero-order valence-corrected chi connectivity index (χ0v) is 12.5. The van der Waals surface area contributed by atoms with E-state index in [0.29, 0.717) is 17.1 Å². The predicted octanol–water partition coefficient (Wildman–Crippen LogP) is 2.80. The second-order valence-electron chi connectivity index (χ2n) is 4.74. The fourth-order valence-electron chi connectivity index (χ4n) is 2.17. The lowest BCUT2D eigenvalue weighted by atomic mass is 10.4. The number of rotatable bonds is 4. The van der Waals surface area contributed by atoms with Gasteiger partial charge in [-0.15, -0.1) is 0 Å². The highest BCUT2D eigenvalue weighted by atomic mass is 32.2. The smallest absolute Gasteiger partial charge is 0.231 e. The molecule has 0 spiro atoms. The Bertz CT molecular complexity index is 613. The van der Waals surface area contributed by atoms with Crippen LogP contribution in [0.1, 0.15) is 12.8 Å². The van der Waals surface area contributed by atoms with Crippen LogP contribution in [0.15, 0.2) is 34.3 Å². The first-order chi connectivity index (χ1) is 10.2. The van der Waals surface area contributed by atoms with Crippen LogP contribution in [0, 0.1) is 5.82 Å². The van der Waals surface area contributed by atoms with Gasteiger partial charge in [-0.2, -0.15) is 15.0 Å².